The second-order valence-electron chi connectivity index (χ2n) is 7.49. The van der Waals surface area contributed by atoms with E-state index < -0.39 is 54.7 Å². The standard InChI is InChI=1S/C7H9N.C7H12O6.C4H11N.C4H6O4/c8-6-7-4-2-1-3-5-7;8-3-1-7(13,6(11)12)2-4(9)5(3)10;1-2-3-4-5;5-3(6)1-2-4(7)8/h1-5H,6,8H2;3-5,8-10,13H,1-2H2,(H,11,12);2-5H2,1H3;1-2H2,(H,5,6)(H,7,8)/t;3-,4-,5?,7?;;/m.1../s1. The van der Waals surface area contributed by atoms with Crippen molar-refractivity contribution in [2.45, 2.75) is 75.9 Å². The molecular formula is C22H38N2O10. The fourth-order valence-corrected chi connectivity index (χ4v) is 2.48. The molecule has 11 N–H and O–H groups in total. The predicted octanol–water partition coefficient (Wildman–Crippen LogP) is -0.495. The van der Waals surface area contributed by atoms with Crippen LogP contribution in [0.5, 0.6) is 0 Å². The molecule has 1 aromatic carbocycles. The van der Waals surface area contributed by atoms with E-state index in [0.29, 0.717) is 6.54 Å². The second-order valence-corrected chi connectivity index (χ2v) is 7.49. The van der Waals surface area contributed by atoms with E-state index in [9.17, 15) is 19.5 Å². The van der Waals surface area contributed by atoms with Crippen LogP contribution >= 0.6 is 0 Å². The normalized spacial score (nSPS) is 23.0. The van der Waals surface area contributed by atoms with Crippen molar-refractivity contribution in [3.8, 4) is 0 Å². The molecule has 1 aliphatic carbocycles. The topological polar surface area (TPSA) is 245 Å². The Balaban J connectivity index is 0. The number of aliphatic carboxylic acids is 3. The van der Waals surface area contributed by atoms with Crippen LogP contribution in [0.4, 0.5) is 0 Å². The molecule has 0 radical (unpaired) electrons. The van der Waals surface area contributed by atoms with E-state index in [2.05, 4.69) is 6.92 Å². The van der Waals surface area contributed by atoms with E-state index in [0.717, 1.165) is 6.54 Å². The molecule has 12 heteroatoms. The molecule has 0 amide bonds. The third-order valence-corrected chi connectivity index (χ3v) is 4.47. The van der Waals surface area contributed by atoms with Crippen LogP contribution in [0.15, 0.2) is 30.3 Å². The minimum absolute atomic E-state index is 0.296. The van der Waals surface area contributed by atoms with E-state index in [4.69, 9.17) is 42.1 Å². The summed E-state index contributed by atoms with van der Waals surface area (Å²) < 4.78 is 0. The number of rotatable bonds is 7. The van der Waals surface area contributed by atoms with Gasteiger partial charge in [0.2, 0.25) is 0 Å². The van der Waals surface area contributed by atoms with E-state index in [1.54, 1.807) is 0 Å². The molecular weight excluding hydrogens is 452 g/mol. The molecule has 0 bridgehead atoms. The number of aliphatic hydroxyl groups is 4. The van der Waals surface area contributed by atoms with Crippen molar-refractivity contribution in [3.05, 3.63) is 35.9 Å². The molecule has 12 nitrogen and oxygen atoms in total. The fraction of sp³-hybridized carbons (Fsp3) is 0.591. The number of aliphatic hydroxyl groups excluding tert-OH is 3. The quantitative estimate of drug-likeness (QED) is 0.235. The Morgan fingerprint density at radius 2 is 1.35 bits per heavy atom. The SMILES string of the molecule is CCCCN.NCc1ccccc1.O=C(O)C1(O)C[C@@H](O)C(O)[C@H](O)C1.O=C(O)CCC(=O)O. The molecule has 2 atom stereocenters. The summed E-state index contributed by atoms with van der Waals surface area (Å²) in [7, 11) is 0. The number of benzene rings is 1. The largest absolute Gasteiger partial charge is 0.481 e. The van der Waals surface area contributed by atoms with Crippen molar-refractivity contribution in [1.82, 2.24) is 0 Å². The van der Waals surface area contributed by atoms with Gasteiger partial charge in [-0.3, -0.25) is 9.59 Å². The first-order valence-electron chi connectivity index (χ1n) is 10.7. The highest BCUT2D eigenvalue weighted by molar-refractivity contribution is 5.77. The Bertz CT molecular complexity index is 674. The van der Waals surface area contributed by atoms with Crippen molar-refractivity contribution in [1.29, 1.82) is 0 Å². The molecule has 34 heavy (non-hydrogen) atoms. The third-order valence-electron chi connectivity index (χ3n) is 4.47. The van der Waals surface area contributed by atoms with Crippen LogP contribution < -0.4 is 11.5 Å². The lowest BCUT2D eigenvalue weighted by Crippen LogP contribution is -2.56. The first kappa shape index (κ1) is 33.6. The van der Waals surface area contributed by atoms with Gasteiger partial charge in [-0.25, -0.2) is 4.79 Å². The molecule has 1 aromatic rings. The lowest BCUT2D eigenvalue weighted by Gasteiger charge is -2.37. The van der Waals surface area contributed by atoms with Gasteiger partial charge >= 0.3 is 17.9 Å². The minimum Gasteiger partial charge on any atom is -0.481 e. The predicted molar refractivity (Wildman–Crippen MR) is 123 cm³/mol. The molecule has 1 saturated carbocycles. The Morgan fingerprint density at radius 3 is 1.59 bits per heavy atom. The maximum atomic E-state index is 10.5. The van der Waals surface area contributed by atoms with Gasteiger partial charge in [-0.1, -0.05) is 43.7 Å². The van der Waals surface area contributed by atoms with Crippen LogP contribution in [0.25, 0.3) is 0 Å². The zero-order chi connectivity index (χ0) is 26.7. The van der Waals surface area contributed by atoms with Crippen LogP contribution in [-0.2, 0) is 20.9 Å². The van der Waals surface area contributed by atoms with Gasteiger partial charge in [0.15, 0.2) is 5.60 Å². The lowest BCUT2D eigenvalue weighted by atomic mass is 9.80. The molecule has 0 saturated heterocycles. The molecule has 0 aromatic heterocycles. The summed E-state index contributed by atoms with van der Waals surface area (Å²) in [6, 6.07) is 9.99. The maximum Gasteiger partial charge on any atom is 0.335 e. The molecule has 0 spiro atoms. The number of unbranched alkanes of at least 4 members (excludes halogenated alkanes) is 1. The number of hydrogen-bond acceptors (Lipinski definition) is 9. The Morgan fingerprint density at radius 1 is 0.912 bits per heavy atom. The van der Waals surface area contributed by atoms with Crippen LogP contribution in [0.1, 0.15) is 51.0 Å². The zero-order valence-electron chi connectivity index (χ0n) is 19.3. The molecule has 0 unspecified atom stereocenters. The molecule has 0 heterocycles. The fourth-order valence-electron chi connectivity index (χ4n) is 2.48. The van der Waals surface area contributed by atoms with Gasteiger partial charge < -0.3 is 47.2 Å². The third kappa shape index (κ3) is 16.1. The molecule has 1 fully saturated rings. The number of nitrogens with two attached hydrogens (primary N) is 2. The first-order chi connectivity index (χ1) is 15.8. The van der Waals surface area contributed by atoms with E-state index >= 15 is 0 Å². The van der Waals surface area contributed by atoms with E-state index in [1.165, 1.54) is 18.4 Å². The highest BCUT2D eigenvalue weighted by atomic mass is 16.4. The highest BCUT2D eigenvalue weighted by Crippen LogP contribution is 2.29. The van der Waals surface area contributed by atoms with Gasteiger partial charge in [0.25, 0.3) is 0 Å². The Kier molecular flexibility index (Phi) is 18.5. The van der Waals surface area contributed by atoms with Gasteiger partial charge in [0.05, 0.1) is 25.0 Å². The lowest BCUT2D eigenvalue weighted by molar-refractivity contribution is -0.187. The van der Waals surface area contributed by atoms with E-state index in [-0.39, 0.29) is 12.8 Å². The first-order valence-corrected chi connectivity index (χ1v) is 10.7. The van der Waals surface area contributed by atoms with Crippen molar-refractivity contribution in [2.24, 2.45) is 11.5 Å². The summed E-state index contributed by atoms with van der Waals surface area (Å²) in [5, 5.41) is 61.0. The van der Waals surface area contributed by atoms with Crippen molar-refractivity contribution < 1.29 is 50.1 Å². The summed E-state index contributed by atoms with van der Waals surface area (Å²) in [6.07, 6.45) is -3.36. The summed E-state index contributed by atoms with van der Waals surface area (Å²) in [5.74, 6) is -3.66. The van der Waals surface area contributed by atoms with Crippen LogP contribution in [-0.4, -0.2) is 84.1 Å². The maximum absolute atomic E-state index is 10.5. The van der Waals surface area contributed by atoms with Crippen molar-refractivity contribution in [3.63, 3.8) is 0 Å². The molecule has 2 rings (SSSR count). The zero-order valence-corrected chi connectivity index (χ0v) is 19.3. The van der Waals surface area contributed by atoms with Gasteiger partial charge in [-0.2, -0.15) is 0 Å². The Labute approximate surface area is 198 Å². The van der Waals surface area contributed by atoms with E-state index in [1.807, 2.05) is 30.3 Å². The number of carbonyl (C=O) groups is 3. The van der Waals surface area contributed by atoms with Crippen molar-refractivity contribution in [2.75, 3.05) is 6.54 Å². The Hall–Kier alpha value is -2.61. The van der Waals surface area contributed by atoms with Crippen LogP contribution in [0, 0.1) is 0 Å². The summed E-state index contributed by atoms with van der Waals surface area (Å²) in [6.45, 7) is 3.62. The van der Waals surface area contributed by atoms with Crippen molar-refractivity contribution >= 4 is 17.9 Å². The van der Waals surface area contributed by atoms with Gasteiger partial charge in [-0.05, 0) is 18.5 Å². The molecule has 1 aliphatic rings. The second kappa shape index (κ2) is 18.8. The highest BCUT2D eigenvalue weighted by Gasteiger charge is 2.48. The number of carboxylic acids is 3. The number of hydrogen-bond donors (Lipinski definition) is 9. The smallest absolute Gasteiger partial charge is 0.335 e. The van der Waals surface area contributed by atoms with Gasteiger partial charge in [0, 0.05) is 19.4 Å². The van der Waals surface area contributed by atoms with Crippen LogP contribution in [0.2, 0.25) is 0 Å². The minimum atomic E-state index is -2.14. The van der Waals surface area contributed by atoms with Gasteiger partial charge in [-0.15, -0.1) is 0 Å². The molecule has 196 valence electrons. The number of carboxylic acid groups (broad SMARTS) is 3. The monoisotopic (exact) mass is 490 g/mol. The average Bonchev–Trinajstić information content (AvgIpc) is 2.78. The van der Waals surface area contributed by atoms with Gasteiger partial charge in [0.1, 0.15) is 6.10 Å². The molecule has 0 aliphatic heterocycles. The summed E-state index contributed by atoms with van der Waals surface area (Å²) >= 11 is 0. The summed E-state index contributed by atoms with van der Waals surface area (Å²) in [4.78, 5) is 29.8. The van der Waals surface area contributed by atoms with Crippen LogP contribution in [0.3, 0.4) is 0 Å². The average molecular weight is 491 g/mol. The summed E-state index contributed by atoms with van der Waals surface area (Å²) in [5.41, 5.74) is 9.54.